The van der Waals surface area contributed by atoms with E-state index in [1.54, 1.807) is 0 Å². The SMILES string of the molecule is Cc1ccc2oc(-c3ocnc3CNCC(C)C)cc2c1. The molecule has 0 radical (unpaired) electrons. The minimum atomic E-state index is 0.606. The van der Waals surface area contributed by atoms with Crippen LogP contribution in [0.5, 0.6) is 0 Å². The second-order valence-corrected chi connectivity index (χ2v) is 5.80. The third kappa shape index (κ3) is 3.00. The van der Waals surface area contributed by atoms with Crippen LogP contribution in [0.15, 0.2) is 39.5 Å². The first-order chi connectivity index (χ1) is 10.1. The van der Waals surface area contributed by atoms with Gasteiger partial charge in [0.25, 0.3) is 0 Å². The van der Waals surface area contributed by atoms with Crippen LogP contribution in [0.3, 0.4) is 0 Å². The number of fused-ring (bicyclic) bond motifs is 1. The first kappa shape index (κ1) is 13.9. The normalized spacial score (nSPS) is 11.6. The molecule has 2 heterocycles. The fourth-order valence-corrected chi connectivity index (χ4v) is 2.35. The summed E-state index contributed by atoms with van der Waals surface area (Å²) in [4.78, 5) is 4.29. The van der Waals surface area contributed by atoms with Crippen LogP contribution in [0.2, 0.25) is 0 Å². The predicted octanol–water partition coefficient (Wildman–Crippen LogP) is 4.14. The van der Waals surface area contributed by atoms with E-state index in [0.717, 1.165) is 29.0 Å². The van der Waals surface area contributed by atoms with Crippen molar-refractivity contribution in [1.29, 1.82) is 0 Å². The molecule has 0 bridgehead atoms. The van der Waals surface area contributed by atoms with Gasteiger partial charge in [-0.05, 0) is 37.6 Å². The van der Waals surface area contributed by atoms with E-state index < -0.39 is 0 Å². The van der Waals surface area contributed by atoms with Crippen LogP contribution in [0.1, 0.15) is 25.1 Å². The van der Waals surface area contributed by atoms with Crippen molar-refractivity contribution in [2.45, 2.75) is 27.3 Å². The summed E-state index contributed by atoms with van der Waals surface area (Å²) in [7, 11) is 0. The van der Waals surface area contributed by atoms with Crippen molar-refractivity contribution >= 4 is 11.0 Å². The molecule has 1 aromatic carbocycles. The standard InChI is InChI=1S/C17H20N2O2/c1-11(2)8-18-9-14-17(20-10-19-14)16-7-13-6-12(3)4-5-15(13)21-16/h4-7,10-11,18H,8-9H2,1-3H3. The molecule has 3 rings (SSSR count). The summed E-state index contributed by atoms with van der Waals surface area (Å²) >= 11 is 0. The highest BCUT2D eigenvalue weighted by Crippen LogP contribution is 2.30. The Labute approximate surface area is 124 Å². The molecule has 21 heavy (non-hydrogen) atoms. The van der Waals surface area contributed by atoms with E-state index in [9.17, 15) is 0 Å². The van der Waals surface area contributed by atoms with E-state index >= 15 is 0 Å². The van der Waals surface area contributed by atoms with Crippen molar-refractivity contribution in [2.24, 2.45) is 5.92 Å². The molecule has 4 nitrogen and oxygen atoms in total. The van der Waals surface area contributed by atoms with Gasteiger partial charge >= 0.3 is 0 Å². The Morgan fingerprint density at radius 1 is 1.24 bits per heavy atom. The van der Waals surface area contributed by atoms with Gasteiger partial charge in [0.15, 0.2) is 17.9 Å². The van der Waals surface area contributed by atoms with Crippen LogP contribution < -0.4 is 5.32 Å². The summed E-state index contributed by atoms with van der Waals surface area (Å²) in [5.41, 5.74) is 2.96. The summed E-state index contributed by atoms with van der Waals surface area (Å²) in [5, 5.41) is 4.46. The van der Waals surface area contributed by atoms with Crippen LogP contribution in [-0.4, -0.2) is 11.5 Å². The van der Waals surface area contributed by atoms with Gasteiger partial charge in [0, 0.05) is 11.9 Å². The molecule has 0 aliphatic carbocycles. The van der Waals surface area contributed by atoms with Gasteiger partial charge in [-0.25, -0.2) is 4.98 Å². The minimum Gasteiger partial charge on any atom is -0.453 e. The van der Waals surface area contributed by atoms with E-state index in [-0.39, 0.29) is 0 Å². The Balaban J connectivity index is 1.87. The number of benzene rings is 1. The lowest BCUT2D eigenvalue weighted by Crippen LogP contribution is -2.19. The molecule has 0 amide bonds. The van der Waals surface area contributed by atoms with Crippen molar-refractivity contribution < 1.29 is 8.83 Å². The number of hydrogen-bond acceptors (Lipinski definition) is 4. The number of aryl methyl sites for hydroxylation is 1. The van der Waals surface area contributed by atoms with E-state index in [1.807, 2.05) is 18.2 Å². The van der Waals surface area contributed by atoms with Crippen LogP contribution in [-0.2, 0) is 6.54 Å². The molecular formula is C17H20N2O2. The zero-order chi connectivity index (χ0) is 14.8. The second-order valence-electron chi connectivity index (χ2n) is 5.80. The maximum absolute atomic E-state index is 5.87. The number of furan rings is 1. The topological polar surface area (TPSA) is 51.2 Å². The molecule has 110 valence electrons. The van der Waals surface area contributed by atoms with Crippen molar-refractivity contribution in [3.05, 3.63) is 41.9 Å². The Morgan fingerprint density at radius 2 is 2.10 bits per heavy atom. The summed E-state index contributed by atoms with van der Waals surface area (Å²) in [5.74, 6) is 2.05. The molecule has 0 atom stereocenters. The van der Waals surface area contributed by atoms with Gasteiger partial charge in [-0.2, -0.15) is 0 Å². The highest BCUT2D eigenvalue weighted by atomic mass is 16.4. The van der Waals surface area contributed by atoms with Crippen LogP contribution >= 0.6 is 0 Å². The van der Waals surface area contributed by atoms with Gasteiger partial charge in [-0.15, -0.1) is 0 Å². The van der Waals surface area contributed by atoms with Gasteiger partial charge in [0.2, 0.25) is 0 Å². The lowest BCUT2D eigenvalue weighted by atomic mass is 10.2. The minimum absolute atomic E-state index is 0.606. The van der Waals surface area contributed by atoms with E-state index in [1.165, 1.54) is 12.0 Å². The highest BCUT2D eigenvalue weighted by Gasteiger charge is 2.15. The summed E-state index contributed by atoms with van der Waals surface area (Å²) in [6.07, 6.45) is 1.47. The maximum atomic E-state index is 5.87. The largest absolute Gasteiger partial charge is 0.453 e. The number of aromatic nitrogens is 1. The van der Waals surface area contributed by atoms with Gasteiger partial charge in [-0.3, -0.25) is 0 Å². The van der Waals surface area contributed by atoms with E-state index in [0.29, 0.717) is 18.2 Å². The molecule has 0 aliphatic rings. The smallest absolute Gasteiger partial charge is 0.194 e. The number of nitrogens with zero attached hydrogens (tertiary/aromatic N) is 1. The van der Waals surface area contributed by atoms with Gasteiger partial charge in [0.1, 0.15) is 11.3 Å². The Hall–Kier alpha value is -2.07. The second kappa shape index (κ2) is 5.74. The molecular weight excluding hydrogens is 264 g/mol. The number of oxazole rings is 1. The van der Waals surface area contributed by atoms with Gasteiger partial charge in [0.05, 0.1) is 0 Å². The summed E-state index contributed by atoms with van der Waals surface area (Å²) < 4.78 is 11.4. The third-order valence-corrected chi connectivity index (χ3v) is 3.38. The van der Waals surface area contributed by atoms with Crippen molar-refractivity contribution in [3.63, 3.8) is 0 Å². The first-order valence-corrected chi connectivity index (χ1v) is 7.27. The first-order valence-electron chi connectivity index (χ1n) is 7.27. The third-order valence-electron chi connectivity index (χ3n) is 3.38. The molecule has 0 saturated heterocycles. The Morgan fingerprint density at radius 3 is 2.90 bits per heavy atom. The van der Waals surface area contributed by atoms with Crippen molar-refractivity contribution in [1.82, 2.24) is 10.3 Å². The molecule has 3 aromatic rings. The zero-order valence-electron chi connectivity index (χ0n) is 12.6. The zero-order valence-corrected chi connectivity index (χ0v) is 12.6. The van der Waals surface area contributed by atoms with Crippen molar-refractivity contribution in [3.8, 4) is 11.5 Å². The molecule has 0 fully saturated rings. The molecule has 0 aliphatic heterocycles. The number of hydrogen-bond donors (Lipinski definition) is 1. The Bertz CT molecular complexity index is 740. The van der Waals surface area contributed by atoms with Crippen molar-refractivity contribution in [2.75, 3.05) is 6.54 Å². The van der Waals surface area contributed by atoms with Crippen LogP contribution in [0.4, 0.5) is 0 Å². The maximum Gasteiger partial charge on any atom is 0.194 e. The molecule has 0 spiro atoms. The van der Waals surface area contributed by atoms with Crippen LogP contribution in [0.25, 0.3) is 22.5 Å². The average molecular weight is 284 g/mol. The molecule has 0 saturated carbocycles. The molecule has 2 aromatic heterocycles. The number of nitrogens with one attached hydrogen (secondary N) is 1. The average Bonchev–Trinajstić information content (AvgIpc) is 3.03. The monoisotopic (exact) mass is 284 g/mol. The van der Waals surface area contributed by atoms with Crippen LogP contribution in [0, 0.1) is 12.8 Å². The highest BCUT2D eigenvalue weighted by molar-refractivity contribution is 5.82. The van der Waals surface area contributed by atoms with E-state index in [4.69, 9.17) is 8.83 Å². The fourth-order valence-electron chi connectivity index (χ4n) is 2.35. The van der Waals surface area contributed by atoms with Gasteiger partial charge in [-0.1, -0.05) is 25.5 Å². The van der Waals surface area contributed by atoms with Gasteiger partial charge < -0.3 is 14.2 Å². The summed E-state index contributed by atoms with van der Waals surface area (Å²) in [6, 6.07) is 8.15. The van der Waals surface area contributed by atoms with E-state index in [2.05, 4.69) is 37.1 Å². The lowest BCUT2D eigenvalue weighted by molar-refractivity contribution is 0.527. The molecule has 1 N–H and O–H groups in total. The molecule has 4 heteroatoms. The molecule has 0 unspecified atom stereocenters. The fraction of sp³-hybridized carbons (Fsp3) is 0.353. The lowest BCUT2D eigenvalue weighted by Gasteiger charge is -2.05. The number of rotatable bonds is 5. The summed E-state index contributed by atoms with van der Waals surface area (Å²) in [6.45, 7) is 8.06. The Kier molecular flexibility index (Phi) is 3.80. The quantitative estimate of drug-likeness (QED) is 0.765. The predicted molar refractivity (Wildman–Crippen MR) is 83.0 cm³/mol.